The summed E-state index contributed by atoms with van der Waals surface area (Å²) in [5, 5.41) is 6.91. The molecule has 9 heteroatoms. The summed E-state index contributed by atoms with van der Waals surface area (Å²) in [6, 6.07) is 19.9. The largest absolute Gasteiger partial charge is 0.336 e. The van der Waals surface area contributed by atoms with Crippen molar-refractivity contribution in [1.82, 2.24) is 10.2 Å². The molecule has 216 valence electrons. The fourth-order valence-corrected chi connectivity index (χ4v) is 5.74. The minimum atomic E-state index is -1.28. The first-order valence-corrected chi connectivity index (χ1v) is 14.5. The average molecular weight is 577 g/mol. The Morgan fingerprint density at radius 2 is 1.80 bits per heavy atom. The third-order valence-electron chi connectivity index (χ3n) is 7.81. The molecule has 0 aromatic heterocycles. The number of benzene rings is 3. The van der Waals surface area contributed by atoms with Crippen LogP contribution in [0.2, 0.25) is 5.02 Å². The molecule has 1 atom stereocenters. The number of carbonyl (C=O) groups is 2. The molecule has 1 unspecified atom stereocenters. The van der Waals surface area contributed by atoms with Crippen LogP contribution in [0.3, 0.4) is 0 Å². The van der Waals surface area contributed by atoms with Crippen LogP contribution in [0.4, 0.5) is 11.4 Å². The number of aryl methyl sites for hydroxylation is 2. The predicted molar refractivity (Wildman–Crippen MR) is 162 cm³/mol. The molecular weight excluding hydrogens is 540 g/mol. The van der Waals surface area contributed by atoms with Gasteiger partial charge in [0.1, 0.15) is 0 Å². The average Bonchev–Trinajstić information content (AvgIpc) is 3.14. The van der Waals surface area contributed by atoms with E-state index in [9.17, 15) is 9.59 Å². The van der Waals surface area contributed by atoms with Gasteiger partial charge in [-0.05, 0) is 79.4 Å². The molecule has 3 aromatic carbocycles. The Labute approximate surface area is 246 Å². The smallest absolute Gasteiger partial charge is 0.262 e. The second-order valence-electron chi connectivity index (χ2n) is 10.5. The van der Waals surface area contributed by atoms with Crippen LogP contribution in [0.15, 0.2) is 66.7 Å². The van der Waals surface area contributed by atoms with E-state index in [1.165, 1.54) is 0 Å². The van der Waals surface area contributed by atoms with Gasteiger partial charge in [-0.2, -0.15) is 0 Å². The number of halogens is 1. The molecule has 2 aliphatic heterocycles. The van der Waals surface area contributed by atoms with E-state index in [0.29, 0.717) is 34.9 Å². The van der Waals surface area contributed by atoms with E-state index in [1.54, 1.807) is 48.4 Å². The van der Waals surface area contributed by atoms with Crippen LogP contribution < -0.4 is 15.5 Å². The molecule has 2 heterocycles. The van der Waals surface area contributed by atoms with Gasteiger partial charge in [0.05, 0.1) is 12.3 Å². The standard InChI is InChI=1S/C32H37ClN4O4/c1-23-6-3-4-8-28(23)30(38)35-27-12-9-24(10-13-27)31(39)37-29-14-11-26(33)22-25(29)7-5-15-32(37,40-2)41-21-20-36-18-16-34-17-19-36/h3-4,6,8-14,22,34H,5,7,15-21H2,1-2H3,(H,35,38). The van der Waals surface area contributed by atoms with E-state index in [2.05, 4.69) is 15.5 Å². The van der Waals surface area contributed by atoms with Gasteiger partial charge in [-0.1, -0.05) is 29.8 Å². The van der Waals surface area contributed by atoms with Crippen LogP contribution in [0, 0.1) is 6.92 Å². The number of methoxy groups -OCH3 is 1. The first-order chi connectivity index (χ1) is 19.9. The molecule has 3 aromatic rings. The number of fused-ring (bicyclic) bond motifs is 1. The van der Waals surface area contributed by atoms with E-state index in [4.69, 9.17) is 21.1 Å². The lowest BCUT2D eigenvalue weighted by Crippen LogP contribution is -2.56. The number of piperazine rings is 1. The third kappa shape index (κ3) is 6.63. The van der Waals surface area contributed by atoms with Crippen molar-refractivity contribution in [3.63, 3.8) is 0 Å². The van der Waals surface area contributed by atoms with Gasteiger partial charge in [-0.15, -0.1) is 0 Å². The number of nitrogens with one attached hydrogen (secondary N) is 2. The Morgan fingerprint density at radius 1 is 1.05 bits per heavy atom. The van der Waals surface area contributed by atoms with Crippen LogP contribution in [-0.4, -0.2) is 69.1 Å². The van der Waals surface area contributed by atoms with Crippen molar-refractivity contribution in [3.05, 3.63) is 94.0 Å². The number of rotatable bonds is 8. The minimum absolute atomic E-state index is 0.197. The van der Waals surface area contributed by atoms with Crippen molar-refractivity contribution < 1.29 is 19.1 Å². The van der Waals surface area contributed by atoms with Crippen molar-refractivity contribution in [2.45, 2.75) is 32.1 Å². The van der Waals surface area contributed by atoms with E-state index in [0.717, 1.165) is 62.4 Å². The highest BCUT2D eigenvalue weighted by Crippen LogP contribution is 2.39. The topological polar surface area (TPSA) is 83.1 Å². The van der Waals surface area contributed by atoms with Gasteiger partial charge in [0.15, 0.2) is 0 Å². The Morgan fingerprint density at radius 3 is 2.54 bits per heavy atom. The van der Waals surface area contributed by atoms with E-state index >= 15 is 0 Å². The van der Waals surface area contributed by atoms with Crippen molar-refractivity contribution in [3.8, 4) is 0 Å². The lowest BCUT2D eigenvalue weighted by Gasteiger charge is -2.42. The first kappa shape index (κ1) is 29.2. The lowest BCUT2D eigenvalue weighted by atomic mass is 10.1. The monoisotopic (exact) mass is 576 g/mol. The molecule has 41 heavy (non-hydrogen) atoms. The summed E-state index contributed by atoms with van der Waals surface area (Å²) < 4.78 is 12.6. The molecule has 0 saturated carbocycles. The number of hydrogen-bond donors (Lipinski definition) is 2. The van der Waals surface area contributed by atoms with E-state index in [-0.39, 0.29) is 11.8 Å². The number of carbonyl (C=O) groups excluding carboxylic acids is 2. The van der Waals surface area contributed by atoms with Gasteiger partial charge in [-0.3, -0.25) is 19.4 Å². The molecule has 0 bridgehead atoms. The molecule has 5 rings (SSSR count). The summed E-state index contributed by atoms with van der Waals surface area (Å²) >= 11 is 6.35. The minimum Gasteiger partial charge on any atom is -0.336 e. The van der Waals surface area contributed by atoms with Gasteiger partial charge < -0.3 is 20.1 Å². The van der Waals surface area contributed by atoms with Crippen LogP contribution in [0.5, 0.6) is 0 Å². The van der Waals surface area contributed by atoms with Crippen LogP contribution in [-0.2, 0) is 15.9 Å². The van der Waals surface area contributed by atoms with E-state index in [1.807, 2.05) is 37.3 Å². The number of ether oxygens (including phenoxy) is 2. The van der Waals surface area contributed by atoms with Crippen molar-refractivity contribution in [2.24, 2.45) is 0 Å². The number of hydrogen-bond acceptors (Lipinski definition) is 6. The number of nitrogens with zero attached hydrogens (tertiary/aromatic N) is 2. The predicted octanol–water partition coefficient (Wildman–Crippen LogP) is 5.11. The highest BCUT2D eigenvalue weighted by molar-refractivity contribution is 6.30. The van der Waals surface area contributed by atoms with Crippen LogP contribution in [0.1, 0.15) is 44.7 Å². The highest BCUT2D eigenvalue weighted by Gasteiger charge is 2.45. The fraction of sp³-hybridized carbons (Fsp3) is 0.375. The number of amides is 2. The maximum atomic E-state index is 14.3. The third-order valence-corrected chi connectivity index (χ3v) is 8.04. The highest BCUT2D eigenvalue weighted by atomic mass is 35.5. The molecule has 0 aliphatic carbocycles. The van der Waals surface area contributed by atoms with Crippen molar-refractivity contribution in [1.29, 1.82) is 0 Å². The molecule has 1 saturated heterocycles. The van der Waals surface area contributed by atoms with Gasteiger partial charge in [-0.25, -0.2) is 0 Å². The molecular formula is C32H37ClN4O4. The second kappa shape index (κ2) is 13.1. The Bertz CT molecular complexity index is 1380. The van der Waals surface area contributed by atoms with Gasteiger partial charge in [0, 0.05) is 68.1 Å². The Hall–Kier alpha value is -3.27. The summed E-state index contributed by atoms with van der Waals surface area (Å²) in [7, 11) is 1.59. The zero-order valence-corrected chi connectivity index (χ0v) is 24.4. The van der Waals surface area contributed by atoms with E-state index < -0.39 is 5.91 Å². The van der Waals surface area contributed by atoms with Gasteiger partial charge >= 0.3 is 0 Å². The summed E-state index contributed by atoms with van der Waals surface area (Å²) in [6.07, 6.45) is 2.02. The summed E-state index contributed by atoms with van der Waals surface area (Å²) in [5.74, 6) is -1.73. The molecule has 2 N–H and O–H groups in total. The van der Waals surface area contributed by atoms with Crippen molar-refractivity contribution >= 4 is 34.8 Å². The molecule has 2 aliphatic rings. The molecule has 0 spiro atoms. The molecule has 0 radical (unpaired) electrons. The zero-order valence-electron chi connectivity index (χ0n) is 23.6. The Kier molecular flexibility index (Phi) is 9.37. The lowest BCUT2D eigenvalue weighted by molar-refractivity contribution is -0.222. The normalized spacial score (nSPS) is 19.3. The molecule has 8 nitrogen and oxygen atoms in total. The quantitative estimate of drug-likeness (QED) is 0.363. The number of anilines is 2. The summed E-state index contributed by atoms with van der Waals surface area (Å²) in [6.45, 7) is 6.89. The summed E-state index contributed by atoms with van der Waals surface area (Å²) in [5.41, 5.74) is 4.24. The molecule has 2 amide bonds. The van der Waals surface area contributed by atoms with Crippen LogP contribution >= 0.6 is 11.6 Å². The first-order valence-electron chi connectivity index (χ1n) is 14.1. The Balaban J connectivity index is 1.41. The maximum absolute atomic E-state index is 14.3. The zero-order chi connectivity index (χ0) is 28.8. The van der Waals surface area contributed by atoms with Gasteiger partial charge in [0.2, 0.25) is 0 Å². The van der Waals surface area contributed by atoms with Gasteiger partial charge in [0.25, 0.3) is 17.7 Å². The molecule has 1 fully saturated rings. The van der Waals surface area contributed by atoms with Crippen LogP contribution in [0.25, 0.3) is 0 Å². The fourth-order valence-electron chi connectivity index (χ4n) is 5.54. The SMILES string of the molecule is COC1(OCCN2CCNCC2)CCCc2cc(Cl)ccc2N1C(=O)c1ccc(NC(=O)c2ccccc2C)cc1. The van der Waals surface area contributed by atoms with Crippen molar-refractivity contribution in [2.75, 3.05) is 56.7 Å². The second-order valence-corrected chi connectivity index (χ2v) is 10.9. The maximum Gasteiger partial charge on any atom is 0.262 e. The summed E-state index contributed by atoms with van der Waals surface area (Å²) in [4.78, 5) is 31.1.